The Morgan fingerprint density at radius 2 is 1.78 bits per heavy atom. The number of anilines is 1. The Morgan fingerprint density at radius 1 is 1.04 bits per heavy atom. The summed E-state index contributed by atoms with van der Waals surface area (Å²) >= 11 is 12.7. The van der Waals surface area contributed by atoms with Crippen molar-refractivity contribution in [2.45, 2.75) is 68.6 Å². The molecule has 0 aromatic heterocycles. The Morgan fingerprint density at radius 3 is 2.40 bits per heavy atom. The first kappa shape index (κ1) is 32.0. The fourth-order valence-corrected chi connectivity index (χ4v) is 8.90. The maximum absolute atomic E-state index is 15.5. The van der Waals surface area contributed by atoms with E-state index in [9.17, 15) is 19.1 Å². The van der Waals surface area contributed by atoms with Crippen LogP contribution >= 0.6 is 33.9 Å². The van der Waals surface area contributed by atoms with E-state index in [0.717, 1.165) is 43.4 Å². The summed E-state index contributed by atoms with van der Waals surface area (Å²) in [4.78, 5) is 28.2. The van der Waals surface area contributed by atoms with Crippen LogP contribution in [-0.4, -0.2) is 51.2 Å². The van der Waals surface area contributed by atoms with E-state index >= 15 is 4.39 Å². The molecule has 11 heteroatoms. The van der Waals surface area contributed by atoms with Gasteiger partial charge in [0, 0.05) is 27.9 Å². The minimum absolute atomic E-state index is 0.0768. The summed E-state index contributed by atoms with van der Waals surface area (Å²) in [6, 6.07) is 16.7. The molecule has 0 bridgehead atoms. The molecule has 0 radical (unpaired) electrons. The fraction of sp³-hybridized carbons (Fsp3) is 0.382. The van der Waals surface area contributed by atoms with Gasteiger partial charge in [0.15, 0.2) is 0 Å². The SMILES string of the molecule is C/C=S(\C1CC1)N(C[C@H](C1CC1)N1C(=O)[C@@H](CC(=O)O)O[C@H](c2cccc(Cl)c2)[C@H]1c1ccc(Cl)cc1)c1cc(F)ccc1F. The predicted molar refractivity (Wildman–Crippen MR) is 175 cm³/mol. The van der Waals surface area contributed by atoms with Gasteiger partial charge in [-0.15, -0.1) is 0 Å². The number of nitrogens with zero attached hydrogens (tertiary/aromatic N) is 2. The Kier molecular flexibility index (Phi) is 9.52. The molecular weight excluding hydrogens is 641 g/mol. The van der Waals surface area contributed by atoms with Gasteiger partial charge in [-0.1, -0.05) is 58.1 Å². The van der Waals surface area contributed by atoms with Crippen molar-refractivity contribution in [1.29, 1.82) is 0 Å². The number of amides is 1. The van der Waals surface area contributed by atoms with E-state index in [0.29, 0.717) is 20.9 Å². The Labute approximate surface area is 273 Å². The topological polar surface area (TPSA) is 70.1 Å². The average molecular weight is 676 g/mol. The number of hydrogen-bond donors (Lipinski definition) is 1. The number of carboxylic acids is 1. The zero-order valence-corrected chi connectivity index (χ0v) is 26.9. The number of halogens is 4. The number of carboxylic acid groups (broad SMARTS) is 1. The lowest BCUT2D eigenvalue weighted by Gasteiger charge is -2.49. The number of carbonyl (C=O) groups is 2. The lowest BCUT2D eigenvalue weighted by atomic mass is 9.89. The Bertz CT molecular complexity index is 1620. The molecule has 1 amide bonds. The van der Waals surface area contributed by atoms with Gasteiger partial charge in [-0.3, -0.25) is 9.59 Å². The van der Waals surface area contributed by atoms with Crippen LogP contribution in [0.1, 0.15) is 62.3 Å². The minimum atomic E-state index is -1.25. The third-order valence-electron chi connectivity index (χ3n) is 8.59. The summed E-state index contributed by atoms with van der Waals surface area (Å²) in [6.45, 7) is 2.18. The Balaban J connectivity index is 1.50. The summed E-state index contributed by atoms with van der Waals surface area (Å²) in [7, 11) is -0.525. The van der Waals surface area contributed by atoms with Gasteiger partial charge in [-0.05, 0) is 91.4 Å². The van der Waals surface area contributed by atoms with E-state index in [-0.39, 0.29) is 18.2 Å². The van der Waals surface area contributed by atoms with Crippen LogP contribution in [0.2, 0.25) is 10.0 Å². The molecule has 6 nitrogen and oxygen atoms in total. The van der Waals surface area contributed by atoms with E-state index < -0.39 is 64.9 Å². The van der Waals surface area contributed by atoms with Crippen LogP contribution in [0.15, 0.2) is 66.7 Å². The monoisotopic (exact) mass is 674 g/mol. The van der Waals surface area contributed by atoms with Gasteiger partial charge in [0.05, 0.1) is 24.2 Å². The largest absolute Gasteiger partial charge is 0.481 e. The quantitative estimate of drug-likeness (QED) is 0.208. The molecule has 1 aliphatic heterocycles. The summed E-state index contributed by atoms with van der Waals surface area (Å²) in [5.74, 6) is -2.61. The predicted octanol–water partition coefficient (Wildman–Crippen LogP) is 8.21. The van der Waals surface area contributed by atoms with Gasteiger partial charge >= 0.3 is 5.97 Å². The number of hydrogen-bond acceptors (Lipinski definition) is 4. The maximum atomic E-state index is 15.5. The normalized spacial score (nSPS) is 23.2. The van der Waals surface area contributed by atoms with E-state index in [4.69, 9.17) is 27.9 Å². The molecule has 3 fully saturated rings. The molecule has 2 aliphatic carbocycles. The van der Waals surface area contributed by atoms with Crippen molar-refractivity contribution in [3.05, 3.63) is 99.5 Å². The molecule has 5 atom stereocenters. The van der Waals surface area contributed by atoms with Gasteiger partial charge in [0.25, 0.3) is 5.91 Å². The molecule has 1 unspecified atom stereocenters. The smallest absolute Gasteiger partial charge is 0.306 e. The fourth-order valence-electron chi connectivity index (χ4n) is 6.26. The molecule has 45 heavy (non-hydrogen) atoms. The zero-order chi connectivity index (χ0) is 31.8. The maximum Gasteiger partial charge on any atom is 0.306 e. The highest BCUT2D eigenvalue weighted by Crippen LogP contribution is 2.50. The second-order valence-electron chi connectivity index (χ2n) is 11.8. The van der Waals surface area contributed by atoms with Crippen molar-refractivity contribution < 1.29 is 28.2 Å². The third-order valence-corrected chi connectivity index (χ3v) is 11.6. The second-order valence-corrected chi connectivity index (χ2v) is 14.9. The minimum Gasteiger partial charge on any atom is -0.481 e. The molecule has 6 rings (SSSR count). The van der Waals surface area contributed by atoms with Crippen molar-refractivity contribution >= 4 is 56.8 Å². The van der Waals surface area contributed by atoms with Gasteiger partial charge in [-0.2, -0.15) is 0 Å². The zero-order valence-electron chi connectivity index (χ0n) is 24.6. The van der Waals surface area contributed by atoms with Gasteiger partial charge < -0.3 is 19.0 Å². The standard InChI is InChI=1S/C34H34Cl2F2N2O4S/c1-2-45(26-13-14-26)39(28-17-25(37)12-15-27(28)38)19-29(20-6-7-20)40-32(21-8-10-23(35)11-9-21)33(22-4-3-5-24(36)16-22)44-30(34(40)43)18-31(41)42/h2-5,8-12,15-17,20,26,29-30,32-33H,6-7,13-14,18-19H2,1H3,(H,41,42)/t29-,30-,32-,33-,45?/m1/s1. The highest BCUT2D eigenvalue weighted by Gasteiger charge is 2.51. The van der Waals surface area contributed by atoms with E-state index in [1.54, 1.807) is 35.2 Å². The Hall–Kier alpha value is -2.98. The molecule has 3 aromatic carbocycles. The van der Waals surface area contributed by atoms with E-state index in [1.807, 2.05) is 34.8 Å². The number of morpholine rings is 1. The molecule has 1 N–H and O–H groups in total. The number of carbonyl (C=O) groups excluding carboxylic acids is 1. The van der Waals surface area contributed by atoms with Crippen LogP contribution in [0, 0.1) is 17.6 Å². The number of rotatable bonds is 11. The number of benzene rings is 3. The van der Waals surface area contributed by atoms with Gasteiger partial charge in [-0.25, -0.2) is 8.78 Å². The van der Waals surface area contributed by atoms with Crippen molar-refractivity contribution in [2.75, 3.05) is 10.8 Å². The van der Waals surface area contributed by atoms with E-state index in [1.165, 1.54) is 6.07 Å². The second kappa shape index (κ2) is 13.4. The summed E-state index contributed by atoms with van der Waals surface area (Å²) in [5, 5.41) is 13.1. The van der Waals surface area contributed by atoms with Gasteiger partial charge in [0.1, 0.15) is 23.8 Å². The molecule has 238 valence electrons. The highest BCUT2D eigenvalue weighted by atomic mass is 35.5. The van der Waals surface area contributed by atoms with Crippen molar-refractivity contribution in [3.63, 3.8) is 0 Å². The summed E-state index contributed by atoms with van der Waals surface area (Å²) in [5.41, 5.74) is 1.60. The molecule has 1 saturated heterocycles. The number of ether oxygens (including phenoxy) is 1. The highest BCUT2D eigenvalue weighted by molar-refractivity contribution is 8.16. The average Bonchev–Trinajstić information content (AvgIpc) is 3.93. The van der Waals surface area contributed by atoms with Crippen LogP contribution in [0.25, 0.3) is 0 Å². The van der Waals surface area contributed by atoms with E-state index in [2.05, 4.69) is 0 Å². The van der Waals surface area contributed by atoms with Crippen LogP contribution in [0.5, 0.6) is 0 Å². The van der Waals surface area contributed by atoms with Crippen molar-refractivity contribution in [1.82, 2.24) is 4.90 Å². The first-order valence-corrected chi connectivity index (χ1v) is 17.2. The molecular formula is C34H34Cl2F2N2O4S. The lowest BCUT2D eigenvalue weighted by molar-refractivity contribution is -0.183. The first-order chi connectivity index (χ1) is 21.6. The van der Waals surface area contributed by atoms with Crippen LogP contribution in [0.4, 0.5) is 14.5 Å². The van der Waals surface area contributed by atoms with Crippen molar-refractivity contribution in [2.24, 2.45) is 5.92 Å². The number of aliphatic carboxylic acids is 1. The summed E-state index contributed by atoms with van der Waals surface area (Å²) in [6.07, 6.45) is 1.13. The molecule has 3 aromatic rings. The third kappa shape index (κ3) is 7.07. The van der Waals surface area contributed by atoms with Crippen molar-refractivity contribution in [3.8, 4) is 0 Å². The van der Waals surface area contributed by atoms with Gasteiger partial charge in [0.2, 0.25) is 0 Å². The molecule has 3 aliphatic rings. The summed E-state index contributed by atoms with van der Waals surface area (Å²) < 4.78 is 38.4. The van der Waals surface area contributed by atoms with Crippen LogP contribution < -0.4 is 4.31 Å². The first-order valence-electron chi connectivity index (χ1n) is 15.1. The lowest BCUT2D eigenvalue weighted by Crippen LogP contribution is -2.58. The van der Waals surface area contributed by atoms with Crippen LogP contribution in [-0.2, 0) is 14.3 Å². The van der Waals surface area contributed by atoms with Crippen LogP contribution in [0.3, 0.4) is 0 Å². The molecule has 2 saturated carbocycles. The molecule has 0 spiro atoms. The molecule has 1 heterocycles.